The summed E-state index contributed by atoms with van der Waals surface area (Å²) in [6, 6.07) is 9.85. The van der Waals surface area contributed by atoms with E-state index >= 15 is 0 Å². The Balaban J connectivity index is 1.81. The number of carbonyl (C=O) groups is 3. The topological polar surface area (TPSA) is 84.9 Å². The minimum atomic E-state index is -0.662. The van der Waals surface area contributed by atoms with Crippen LogP contribution in [-0.2, 0) is 9.53 Å². The number of amides is 2. The van der Waals surface area contributed by atoms with E-state index in [9.17, 15) is 18.8 Å². The van der Waals surface area contributed by atoms with Crippen molar-refractivity contribution >= 4 is 29.2 Å². The maximum absolute atomic E-state index is 13.1. The molecule has 7 nitrogen and oxygen atoms in total. The number of nitrogens with one attached hydrogen (secondary N) is 1. The van der Waals surface area contributed by atoms with Crippen LogP contribution in [0.1, 0.15) is 31.1 Å². The van der Waals surface area contributed by atoms with Crippen LogP contribution in [0, 0.1) is 5.82 Å². The van der Waals surface area contributed by atoms with Crippen LogP contribution in [-0.4, -0.2) is 36.5 Å². The number of halogens is 1. The van der Waals surface area contributed by atoms with E-state index in [2.05, 4.69) is 5.32 Å². The van der Waals surface area contributed by atoms with Gasteiger partial charge in [0.1, 0.15) is 17.2 Å². The van der Waals surface area contributed by atoms with E-state index in [4.69, 9.17) is 9.47 Å². The Bertz CT molecular complexity index is 951. The van der Waals surface area contributed by atoms with Gasteiger partial charge < -0.3 is 9.47 Å². The molecule has 2 aromatic rings. The zero-order valence-corrected chi connectivity index (χ0v) is 16.3. The Kier molecular flexibility index (Phi) is 5.54. The average molecular weight is 400 g/mol. The van der Waals surface area contributed by atoms with Gasteiger partial charge in [0.15, 0.2) is 12.4 Å². The van der Waals surface area contributed by atoms with E-state index in [1.54, 1.807) is 32.9 Å². The van der Waals surface area contributed by atoms with Gasteiger partial charge in [0.05, 0.1) is 12.2 Å². The van der Waals surface area contributed by atoms with E-state index in [0.29, 0.717) is 17.1 Å². The zero-order valence-electron chi connectivity index (χ0n) is 16.3. The van der Waals surface area contributed by atoms with Crippen molar-refractivity contribution in [1.29, 1.82) is 0 Å². The van der Waals surface area contributed by atoms with Crippen LogP contribution in [0.2, 0.25) is 0 Å². The first-order valence-electron chi connectivity index (χ1n) is 8.98. The van der Waals surface area contributed by atoms with Gasteiger partial charge in [0.2, 0.25) is 0 Å². The Labute approximate surface area is 167 Å². The lowest BCUT2D eigenvalue weighted by Crippen LogP contribution is -2.42. The third kappa shape index (κ3) is 5.10. The summed E-state index contributed by atoms with van der Waals surface area (Å²) >= 11 is 0. The number of rotatable bonds is 4. The molecule has 8 heteroatoms. The molecule has 1 aliphatic rings. The molecule has 3 rings (SSSR count). The second-order valence-electron chi connectivity index (χ2n) is 7.51. The van der Waals surface area contributed by atoms with Crippen LogP contribution in [0.25, 0.3) is 0 Å². The highest BCUT2D eigenvalue weighted by Crippen LogP contribution is 2.35. The summed E-state index contributed by atoms with van der Waals surface area (Å²) in [4.78, 5) is 38.2. The van der Waals surface area contributed by atoms with Crippen molar-refractivity contribution in [1.82, 2.24) is 0 Å². The first kappa shape index (κ1) is 20.3. The molecule has 0 saturated heterocycles. The first-order chi connectivity index (χ1) is 13.6. The van der Waals surface area contributed by atoms with E-state index in [0.717, 1.165) is 0 Å². The zero-order chi connectivity index (χ0) is 21.2. The number of hydrogen-bond acceptors (Lipinski definition) is 5. The highest BCUT2D eigenvalue weighted by atomic mass is 19.1. The van der Waals surface area contributed by atoms with Gasteiger partial charge in [0.25, 0.3) is 5.91 Å². The summed E-state index contributed by atoms with van der Waals surface area (Å²) in [6.45, 7) is 4.79. The van der Waals surface area contributed by atoms with Crippen LogP contribution in [0.4, 0.5) is 20.6 Å². The predicted octanol–water partition coefficient (Wildman–Crippen LogP) is 3.78. The molecule has 0 radical (unpaired) electrons. The number of nitrogens with zero attached hydrogens (tertiary/aromatic N) is 1. The Morgan fingerprint density at radius 3 is 2.52 bits per heavy atom. The number of fused-ring (bicyclic) bond motifs is 1. The van der Waals surface area contributed by atoms with Gasteiger partial charge in [-0.05, 0) is 63.2 Å². The van der Waals surface area contributed by atoms with Crippen LogP contribution in [0.5, 0.6) is 5.75 Å². The third-order valence-electron chi connectivity index (χ3n) is 4.02. The fourth-order valence-corrected chi connectivity index (χ4v) is 2.75. The average Bonchev–Trinajstić information content (AvgIpc) is 2.63. The lowest BCUT2D eigenvalue weighted by atomic mass is 10.1. The number of ketones is 1. The molecule has 0 aromatic heterocycles. The van der Waals surface area contributed by atoms with Crippen molar-refractivity contribution in [2.24, 2.45) is 0 Å². The largest absolute Gasteiger partial charge is 0.482 e. The SMILES string of the molecule is CC(C)(C)OC(=O)Nc1ccc2c(c1)N(CC(=O)c1ccc(F)cc1)C(=O)CO2. The Morgan fingerprint density at radius 2 is 1.86 bits per heavy atom. The van der Waals surface area contributed by atoms with E-state index in [1.807, 2.05) is 0 Å². The monoisotopic (exact) mass is 400 g/mol. The smallest absolute Gasteiger partial charge is 0.412 e. The fourth-order valence-electron chi connectivity index (χ4n) is 2.75. The minimum absolute atomic E-state index is 0.206. The van der Waals surface area contributed by atoms with Gasteiger partial charge >= 0.3 is 6.09 Å². The Hall–Kier alpha value is -3.42. The molecule has 0 saturated carbocycles. The number of benzene rings is 2. The molecule has 0 spiro atoms. The minimum Gasteiger partial charge on any atom is -0.482 e. The molecule has 1 N–H and O–H groups in total. The van der Waals surface area contributed by atoms with Crippen LogP contribution in [0.3, 0.4) is 0 Å². The molecule has 2 aromatic carbocycles. The standard InChI is InChI=1S/C21H21FN2O5/c1-21(2,3)29-20(27)23-15-8-9-18-16(10-15)24(19(26)12-28-18)11-17(25)13-4-6-14(22)7-5-13/h4-10H,11-12H2,1-3H3,(H,23,27). The molecule has 0 fully saturated rings. The third-order valence-corrected chi connectivity index (χ3v) is 4.02. The highest BCUT2D eigenvalue weighted by Gasteiger charge is 2.28. The molecule has 1 heterocycles. The summed E-state index contributed by atoms with van der Waals surface area (Å²) in [5.41, 5.74) is 0.362. The number of anilines is 2. The predicted molar refractivity (Wildman–Crippen MR) is 105 cm³/mol. The summed E-state index contributed by atoms with van der Waals surface area (Å²) in [5, 5.41) is 2.59. The van der Waals surface area contributed by atoms with Crippen molar-refractivity contribution in [2.45, 2.75) is 26.4 Å². The maximum atomic E-state index is 13.1. The number of ether oxygens (including phenoxy) is 2. The van der Waals surface area contributed by atoms with Crippen molar-refractivity contribution in [3.8, 4) is 5.75 Å². The van der Waals surface area contributed by atoms with Crippen LogP contribution >= 0.6 is 0 Å². The molecular weight excluding hydrogens is 379 g/mol. The summed E-state index contributed by atoms with van der Waals surface area (Å²) in [6.07, 6.45) is -0.644. The molecule has 1 aliphatic heterocycles. The first-order valence-corrected chi connectivity index (χ1v) is 8.98. The van der Waals surface area contributed by atoms with Crippen molar-refractivity contribution in [3.05, 3.63) is 53.8 Å². The molecule has 0 aliphatic carbocycles. The van der Waals surface area contributed by atoms with Gasteiger partial charge in [-0.3, -0.25) is 19.8 Å². The van der Waals surface area contributed by atoms with Gasteiger partial charge in [-0.2, -0.15) is 0 Å². The van der Waals surface area contributed by atoms with Crippen LogP contribution in [0.15, 0.2) is 42.5 Å². The lowest BCUT2D eigenvalue weighted by molar-refractivity contribution is -0.121. The Morgan fingerprint density at radius 1 is 1.17 bits per heavy atom. The number of carbonyl (C=O) groups excluding carboxylic acids is 3. The molecule has 0 unspecified atom stereocenters. The number of Topliss-reactive ketones (excluding diaryl/α,β-unsaturated/α-hetero) is 1. The highest BCUT2D eigenvalue weighted by molar-refractivity contribution is 6.07. The fraction of sp³-hybridized carbons (Fsp3) is 0.286. The molecule has 0 bridgehead atoms. The van der Waals surface area contributed by atoms with Crippen LogP contribution < -0.4 is 15.0 Å². The van der Waals surface area contributed by atoms with Crippen molar-refractivity contribution in [3.63, 3.8) is 0 Å². The summed E-state index contributed by atoms with van der Waals surface area (Å²) in [5.74, 6) is -0.794. The van der Waals surface area contributed by atoms with Gasteiger partial charge in [-0.25, -0.2) is 9.18 Å². The van der Waals surface area contributed by atoms with Crippen molar-refractivity contribution < 1.29 is 28.2 Å². The number of hydrogen-bond donors (Lipinski definition) is 1. The summed E-state index contributed by atoms with van der Waals surface area (Å²) in [7, 11) is 0. The van der Waals surface area contributed by atoms with E-state index in [1.165, 1.54) is 35.2 Å². The van der Waals surface area contributed by atoms with Gasteiger partial charge in [-0.1, -0.05) is 0 Å². The van der Waals surface area contributed by atoms with E-state index < -0.39 is 23.4 Å². The van der Waals surface area contributed by atoms with Gasteiger partial charge in [0, 0.05) is 11.3 Å². The quantitative estimate of drug-likeness (QED) is 0.790. The maximum Gasteiger partial charge on any atom is 0.412 e. The van der Waals surface area contributed by atoms with Gasteiger partial charge in [-0.15, -0.1) is 0 Å². The second kappa shape index (κ2) is 7.90. The molecule has 152 valence electrons. The molecule has 2 amide bonds. The molecule has 0 atom stereocenters. The van der Waals surface area contributed by atoms with E-state index in [-0.39, 0.29) is 24.5 Å². The summed E-state index contributed by atoms with van der Waals surface area (Å²) < 4.78 is 23.7. The lowest BCUT2D eigenvalue weighted by Gasteiger charge is -2.29. The van der Waals surface area contributed by atoms with Crippen molar-refractivity contribution in [2.75, 3.05) is 23.4 Å². The molecule has 29 heavy (non-hydrogen) atoms. The normalized spacial score (nSPS) is 13.4. The molecular formula is C21H21FN2O5. The second-order valence-corrected chi connectivity index (χ2v) is 7.51.